The van der Waals surface area contributed by atoms with Gasteiger partial charge in [0.2, 0.25) is 20.0 Å². The Balaban J connectivity index is 1.54. The lowest BCUT2D eigenvalue weighted by Crippen LogP contribution is -2.35. The summed E-state index contributed by atoms with van der Waals surface area (Å²) in [6.45, 7) is 1.19. The third-order valence-corrected chi connectivity index (χ3v) is 8.48. The Morgan fingerprint density at radius 2 is 1.47 bits per heavy atom. The van der Waals surface area contributed by atoms with Crippen molar-refractivity contribution in [3.05, 3.63) is 42.5 Å². The molecule has 0 saturated carbocycles. The van der Waals surface area contributed by atoms with Gasteiger partial charge < -0.3 is 14.2 Å². The summed E-state index contributed by atoms with van der Waals surface area (Å²) in [5, 5.41) is 0. The Kier molecular flexibility index (Phi) is 7.99. The van der Waals surface area contributed by atoms with Crippen LogP contribution in [0.5, 0.6) is 17.2 Å². The van der Waals surface area contributed by atoms with Gasteiger partial charge in [0.25, 0.3) is 0 Å². The fraction of sp³-hybridized carbons (Fsp3) is 0.429. The van der Waals surface area contributed by atoms with Gasteiger partial charge in [-0.25, -0.2) is 21.6 Å². The summed E-state index contributed by atoms with van der Waals surface area (Å²) in [5.74, 6) is 1.19. The van der Waals surface area contributed by atoms with Crippen molar-refractivity contribution in [1.82, 2.24) is 9.03 Å². The van der Waals surface area contributed by atoms with Crippen molar-refractivity contribution in [2.75, 3.05) is 40.5 Å². The van der Waals surface area contributed by atoms with Crippen LogP contribution in [-0.4, -0.2) is 61.6 Å². The van der Waals surface area contributed by atoms with Gasteiger partial charge in [-0.15, -0.1) is 0 Å². The Labute approximate surface area is 189 Å². The first-order chi connectivity index (χ1) is 15.3. The Hall–Kier alpha value is -2.34. The summed E-state index contributed by atoms with van der Waals surface area (Å²) in [4.78, 5) is 0.267. The van der Waals surface area contributed by atoms with Crippen LogP contribution in [0, 0.1) is 0 Å². The molecule has 176 valence electrons. The van der Waals surface area contributed by atoms with Gasteiger partial charge in [-0.1, -0.05) is 6.42 Å². The predicted molar refractivity (Wildman–Crippen MR) is 119 cm³/mol. The molecule has 2 aromatic rings. The fourth-order valence-electron chi connectivity index (χ4n) is 3.37. The first kappa shape index (κ1) is 24.3. The van der Waals surface area contributed by atoms with E-state index in [1.165, 1.54) is 48.9 Å². The van der Waals surface area contributed by atoms with Crippen LogP contribution in [0.2, 0.25) is 0 Å². The zero-order chi connectivity index (χ0) is 23.2. The molecule has 1 aliphatic heterocycles. The molecule has 3 rings (SSSR count). The van der Waals surface area contributed by atoms with Crippen molar-refractivity contribution in [3.63, 3.8) is 0 Å². The maximum atomic E-state index is 12.7. The van der Waals surface area contributed by atoms with Crippen LogP contribution >= 0.6 is 0 Å². The number of ether oxygens (including phenoxy) is 3. The van der Waals surface area contributed by atoms with Crippen LogP contribution in [0.1, 0.15) is 19.3 Å². The second kappa shape index (κ2) is 10.5. The molecule has 1 saturated heterocycles. The van der Waals surface area contributed by atoms with Crippen molar-refractivity contribution in [3.8, 4) is 17.2 Å². The van der Waals surface area contributed by atoms with E-state index in [1.807, 2.05) is 0 Å². The molecule has 0 atom stereocenters. The highest BCUT2D eigenvalue weighted by Crippen LogP contribution is 2.29. The van der Waals surface area contributed by atoms with Crippen molar-refractivity contribution in [1.29, 1.82) is 0 Å². The van der Waals surface area contributed by atoms with Crippen molar-refractivity contribution in [2.24, 2.45) is 0 Å². The van der Waals surface area contributed by atoms with Crippen molar-refractivity contribution >= 4 is 20.0 Å². The summed E-state index contributed by atoms with van der Waals surface area (Å²) >= 11 is 0. The lowest BCUT2D eigenvalue weighted by molar-refractivity contribution is 0.322. The second-order valence-corrected chi connectivity index (χ2v) is 10.9. The average Bonchev–Trinajstić information content (AvgIpc) is 2.82. The number of benzene rings is 2. The van der Waals surface area contributed by atoms with E-state index in [2.05, 4.69) is 4.72 Å². The van der Waals surface area contributed by atoms with Crippen LogP contribution < -0.4 is 18.9 Å². The Bertz CT molecular complexity index is 1110. The molecule has 11 heteroatoms. The second-order valence-electron chi connectivity index (χ2n) is 7.20. The maximum absolute atomic E-state index is 12.7. The topological polar surface area (TPSA) is 111 Å². The van der Waals surface area contributed by atoms with E-state index in [-0.39, 0.29) is 22.9 Å². The number of nitrogens with one attached hydrogen (secondary N) is 1. The molecule has 0 radical (unpaired) electrons. The van der Waals surface area contributed by atoms with Crippen LogP contribution in [0.4, 0.5) is 0 Å². The van der Waals surface area contributed by atoms with Crippen molar-refractivity contribution < 1.29 is 31.0 Å². The maximum Gasteiger partial charge on any atom is 0.243 e. The largest absolute Gasteiger partial charge is 0.493 e. The van der Waals surface area contributed by atoms with Gasteiger partial charge in [0.1, 0.15) is 12.4 Å². The molecule has 0 aromatic heterocycles. The molecular formula is C21H28N2O7S2. The number of rotatable bonds is 10. The summed E-state index contributed by atoms with van der Waals surface area (Å²) < 4.78 is 70.1. The third kappa shape index (κ3) is 5.71. The number of methoxy groups -OCH3 is 2. The molecule has 0 amide bonds. The van der Waals surface area contributed by atoms with Crippen LogP contribution in [0.15, 0.2) is 52.3 Å². The van der Waals surface area contributed by atoms with Crippen LogP contribution in [0.25, 0.3) is 0 Å². The first-order valence-corrected chi connectivity index (χ1v) is 13.1. The summed E-state index contributed by atoms with van der Waals surface area (Å²) in [5.41, 5.74) is 0. The molecule has 1 fully saturated rings. The minimum atomic E-state index is -3.76. The third-order valence-electron chi connectivity index (χ3n) is 5.10. The number of sulfonamides is 2. The van der Waals surface area contributed by atoms with E-state index >= 15 is 0 Å². The molecule has 2 aromatic carbocycles. The number of hydrogen-bond donors (Lipinski definition) is 1. The molecule has 0 unspecified atom stereocenters. The zero-order valence-electron chi connectivity index (χ0n) is 18.1. The zero-order valence-corrected chi connectivity index (χ0v) is 19.7. The molecule has 0 bridgehead atoms. The molecule has 0 aliphatic carbocycles. The predicted octanol–water partition coefficient (Wildman–Crippen LogP) is 2.24. The van der Waals surface area contributed by atoms with E-state index in [0.29, 0.717) is 30.3 Å². The van der Waals surface area contributed by atoms with Gasteiger partial charge in [0, 0.05) is 25.7 Å². The van der Waals surface area contributed by atoms with Crippen LogP contribution in [0.3, 0.4) is 0 Å². The average molecular weight is 485 g/mol. The highest BCUT2D eigenvalue weighted by molar-refractivity contribution is 7.89. The van der Waals surface area contributed by atoms with Crippen LogP contribution in [-0.2, 0) is 20.0 Å². The monoisotopic (exact) mass is 484 g/mol. The smallest absolute Gasteiger partial charge is 0.243 e. The van der Waals surface area contributed by atoms with Gasteiger partial charge in [-0.05, 0) is 49.2 Å². The lowest BCUT2D eigenvalue weighted by atomic mass is 10.2. The van der Waals surface area contributed by atoms with E-state index in [4.69, 9.17) is 14.2 Å². The number of piperidine rings is 1. The van der Waals surface area contributed by atoms with Gasteiger partial charge in [-0.2, -0.15) is 4.31 Å². The van der Waals surface area contributed by atoms with Crippen molar-refractivity contribution in [2.45, 2.75) is 29.1 Å². The number of hydrogen-bond acceptors (Lipinski definition) is 7. The Morgan fingerprint density at radius 1 is 0.844 bits per heavy atom. The van der Waals surface area contributed by atoms with E-state index in [0.717, 1.165) is 19.3 Å². The normalized spacial score (nSPS) is 15.3. The standard InChI is InChI=1S/C21H28N2O7S2/c1-28-20-11-10-19(16-21(20)29-2)31(24,25)22-12-15-30-17-6-8-18(9-7-17)32(26,27)23-13-4-3-5-14-23/h6-11,16,22H,3-5,12-15H2,1-2H3. The molecular weight excluding hydrogens is 456 g/mol. The highest BCUT2D eigenvalue weighted by atomic mass is 32.2. The molecule has 1 N–H and O–H groups in total. The van der Waals surface area contributed by atoms with Gasteiger partial charge in [-0.3, -0.25) is 0 Å². The molecule has 1 aliphatic rings. The van der Waals surface area contributed by atoms with E-state index in [1.54, 1.807) is 12.1 Å². The van der Waals surface area contributed by atoms with E-state index in [9.17, 15) is 16.8 Å². The van der Waals surface area contributed by atoms with Gasteiger partial charge >= 0.3 is 0 Å². The minimum absolute atomic E-state index is 0.0322. The minimum Gasteiger partial charge on any atom is -0.493 e. The first-order valence-electron chi connectivity index (χ1n) is 10.2. The summed E-state index contributed by atoms with van der Waals surface area (Å²) in [7, 11) is -4.36. The number of nitrogens with zero attached hydrogens (tertiary/aromatic N) is 1. The molecule has 0 spiro atoms. The molecule has 9 nitrogen and oxygen atoms in total. The van der Waals surface area contributed by atoms with Gasteiger partial charge in [0.05, 0.1) is 24.0 Å². The summed E-state index contributed by atoms with van der Waals surface area (Å²) in [6, 6.07) is 10.5. The van der Waals surface area contributed by atoms with Gasteiger partial charge in [0.15, 0.2) is 11.5 Å². The quantitative estimate of drug-likeness (QED) is 0.515. The Morgan fingerprint density at radius 3 is 2.09 bits per heavy atom. The lowest BCUT2D eigenvalue weighted by Gasteiger charge is -2.25. The highest BCUT2D eigenvalue weighted by Gasteiger charge is 2.25. The molecule has 32 heavy (non-hydrogen) atoms. The summed E-state index contributed by atoms with van der Waals surface area (Å²) in [6.07, 6.45) is 2.80. The fourth-order valence-corrected chi connectivity index (χ4v) is 5.92. The SMILES string of the molecule is COc1ccc(S(=O)(=O)NCCOc2ccc(S(=O)(=O)N3CCCCC3)cc2)cc1OC. The van der Waals surface area contributed by atoms with E-state index < -0.39 is 20.0 Å². The molecule has 1 heterocycles.